The number of rotatable bonds is 4. The van der Waals surface area contributed by atoms with Crippen molar-refractivity contribution in [2.45, 2.75) is 26.2 Å². The maximum Gasteiger partial charge on any atom is 0.255 e. The van der Waals surface area contributed by atoms with Gasteiger partial charge in [0.2, 0.25) is 0 Å². The second-order valence-electron chi connectivity index (χ2n) is 7.33. The fourth-order valence-electron chi connectivity index (χ4n) is 3.89. The average Bonchev–Trinajstić information content (AvgIpc) is 3.05. The number of fused-ring (bicyclic) bond motifs is 3. The van der Waals surface area contributed by atoms with E-state index in [9.17, 15) is 4.79 Å². The number of hydrogen-bond acceptors (Lipinski definition) is 3. The van der Waals surface area contributed by atoms with Crippen LogP contribution in [-0.2, 0) is 12.8 Å². The van der Waals surface area contributed by atoms with Gasteiger partial charge in [-0.25, -0.2) is 0 Å². The third kappa shape index (κ3) is 3.31. The summed E-state index contributed by atoms with van der Waals surface area (Å²) in [4.78, 5) is 16.4. The molecule has 6 heteroatoms. The molecule has 4 rings (SSSR count). The zero-order chi connectivity index (χ0) is 19.8. The molecule has 1 heterocycles. The van der Waals surface area contributed by atoms with E-state index < -0.39 is 0 Å². The number of halogens is 1. The van der Waals surface area contributed by atoms with E-state index >= 15 is 0 Å². The van der Waals surface area contributed by atoms with Gasteiger partial charge < -0.3 is 19.8 Å². The van der Waals surface area contributed by atoms with Crippen LogP contribution in [0.15, 0.2) is 30.3 Å². The summed E-state index contributed by atoms with van der Waals surface area (Å²) in [6.07, 6.45) is 3.31. The Morgan fingerprint density at radius 1 is 1.18 bits per heavy atom. The van der Waals surface area contributed by atoms with Crippen molar-refractivity contribution in [1.82, 2.24) is 4.98 Å². The van der Waals surface area contributed by atoms with Crippen LogP contribution in [0.1, 0.15) is 35.0 Å². The van der Waals surface area contributed by atoms with Gasteiger partial charge in [-0.05, 0) is 48.9 Å². The molecular formula is C22H23ClN2O3. The van der Waals surface area contributed by atoms with E-state index in [0.717, 1.165) is 23.7 Å². The van der Waals surface area contributed by atoms with Crippen LogP contribution < -0.4 is 14.8 Å². The molecule has 0 aliphatic heterocycles. The Morgan fingerprint density at radius 2 is 1.96 bits per heavy atom. The zero-order valence-corrected chi connectivity index (χ0v) is 16.9. The lowest BCUT2D eigenvalue weighted by molar-refractivity contribution is 0.102. The molecule has 1 unspecified atom stereocenters. The Balaban J connectivity index is 1.67. The van der Waals surface area contributed by atoms with Crippen molar-refractivity contribution >= 4 is 34.1 Å². The van der Waals surface area contributed by atoms with Gasteiger partial charge in [-0.1, -0.05) is 18.5 Å². The molecule has 3 aromatic rings. The molecule has 1 aliphatic carbocycles. The molecule has 0 saturated heterocycles. The first-order valence-corrected chi connectivity index (χ1v) is 9.74. The second kappa shape index (κ2) is 7.40. The van der Waals surface area contributed by atoms with Crippen molar-refractivity contribution in [3.63, 3.8) is 0 Å². The molecule has 0 radical (unpaired) electrons. The van der Waals surface area contributed by atoms with Crippen LogP contribution in [0, 0.1) is 5.92 Å². The third-order valence-electron chi connectivity index (χ3n) is 5.42. The van der Waals surface area contributed by atoms with Crippen LogP contribution in [0.25, 0.3) is 10.9 Å². The van der Waals surface area contributed by atoms with Gasteiger partial charge in [-0.15, -0.1) is 0 Å². The van der Waals surface area contributed by atoms with Gasteiger partial charge in [0.1, 0.15) is 11.5 Å². The summed E-state index contributed by atoms with van der Waals surface area (Å²) in [5, 5.41) is 4.47. The molecule has 1 aliphatic rings. The van der Waals surface area contributed by atoms with Gasteiger partial charge >= 0.3 is 0 Å². The molecule has 1 atom stereocenters. The zero-order valence-electron chi connectivity index (χ0n) is 16.2. The highest BCUT2D eigenvalue weighted by Crippen LogP contribution is 2.36. The fraction of sp³-hybridized carbons (Fsp3) is 0.318. The van der Waals surface area contributed by atoms with Crippen molar-refractivity contribution in [3.8, 4) is 11.5 Å². The minimum atomic E-state index is -0.205. The highest BCUT2D eigenvalue weighted by Gasteiger charge is 2.21. The number of nitrogens with one attached hydrogen (secondary N) is 2. The lowest BCUT2D eigenvalue weighted by Crippen LogP contribution is -2.13. The Morgan fingerprint density at radius 3 is 2.71 bits per heavy atom. The Bertz CT molecular complexity index is 1060. The maximum absolute atomic E-state index is 12.9. The number of anilines is 1. The summed E-state index contributed by atoms with van der Waals surface area (Å²) in [7, 11) is 3.07. The summed E-state index contributed by atoms with van der Waals surface area (Å²) < 4.78 is 10.6. The van der Waals surface area contributed by atoms with Gasteiger partial charge in [0, 0.05) is 34.3 Å². The predicted octanol–water partition coefficient (Wildman–Crippen LogP) is 5.22. The van der Waals surface area contributed by atoms with Crippen LogP contribution in [-0.4, -0.2) is 25.1 Å². The second-order valence-corrected chi connectivity index (χ2v) is 7.74. The number of hydrogen-bond donors (Lipinski definition) is 2. The maximum atomic E-state index is 12.9. The number of H-pyrrole nitrogens is 1. The molecule has 0 saturated carbocycles. The summed E-state index contributed by atoms with van der Waals surface area (Å²) in [5.41, 5.74) is 4.84. The molecule has 28 heavy (non-hydrogen) atoms. The molecular weight excluding hydrogens is 376 g/mol. The number of amides is 1. The van der Waals surface area contributed by atoms with Crippen LogP contribution in [0.2, 0.25) is 5.02 Å². The minimum Gasteiger partial charge on any atom is -0.495 e. The summed E-state index contributed by atoms with van der Waals surface area (Å²) in [6.45, 7) is 2.28. The Hall–Kier alpha value is -2.66. The van der Waals surface area contributed by atoms with Crippen LogP contribution >= 0.6 is 11.6 Å². The van der Waals surface area contributed by atoms with Gasteiger partial charge in [-0.2, -0.15) is 0 Å². The Labute approximate surface area is 169 Å². The van der Waals surface area contributed by atoms with E-state index in [1.54, 1.807) is 12.1 Å². The molecule has 1 amide bonds. The number of methoxy groups -OCH3 is 2. The van der Waals surface area contributed by atoms with Crippen molar-refractivity contribution in [2.75, 3.05) is 19.5 Å². The largest absolute Gasteiger partial charge is 0.495 e. The normalized spacial score (nSPS) is 15.9. The summed E-state index contributed by atoms with van der Waals surface area (Å²) in [5.74, 6) is 1.41. The van der Waals surface area contributed by atoms with Gasteiger partial charge in [0.15, 0.2) is 0 Å². The molecule has 0 fully saturated rings. The molecule has 2 aromatic carbocycles. The van der Waals surface area contributed by atoms with Crippen LogP contribution in [0.4, 0.5) is 5.69 Å². The molecule has 0 spiro atoms. The summed E-state index contributed by atoms with van der Waals surface area (Å²) in [6, 6.07) is 9.08. The van der Waals surface area contributed by atoms with E-state index in [1.165, 1.54) is 31.9 Å². The molecule has 146 valence electrons. The predicted molar refractivity (Wildman–Crippen MR) is 112 cm³/mol. The lowest BCUT2D eigenvalue weighted by Gasteiger charge is -2.18. The number of benzene rings is 2. The average molecular weight is 399 g/mol. The van der Waals surface area contributed by atoms with Crippen molar-refractivity contribution < 1.29 is 14.3 Å². The first kappa shape index (κ1) is 18.7. The monoisotopic (exact) mass is 398 g/mol. The number of aromatic amines is 1. The standard InChI is InChI=1S/C22H23ClN2O3/c1-12-4-6-17-14(8-12)15-9-13(5-7-18(15)24-17)22(26)25-19-11-20(27-2)16(23)10-21(19)28-3/h5,7,9-12,24H,4,6,8H2,1-3H3,(H,25,26). The number of aromatic nitrogens is 1. The van der Waals surface area contributed by atoms with Crippen molar-refractivity contribution in [3.05, 3.63) is 52.2 Å². The first-order chi connectivity index (χ1) is 13.5. The number of ether oxygens (including phenoxy) is 2. The van der Waals surface area contributed by atoms with E-state index in [1.807, 2.05) is 18.2 Å². The van der Waals surface area contributed by atoms with E-state index in [0.29, 0.717) is 33.7 Å². The molecule has 5 nitrogen and oxygen atoms in total. The SMILES string of the molecule is COc1cc(NC(=O)c2ccc3[nH]c4c(c3c2)CC(C)CC4)c(OC)cc1Cl. The van der Waals surface area contributed by atoms with Crippen LogP contribution in [0.3, 0.4) is 0 Å². The van der Waals surface area contributed by atoms with E-state index in [2.05, 4.69) is 17.2 Å². The lowest BCUT2D eigenvalue weighted by atomic mass is 9.87. The van der Waals surface area contributed by atoms with Gasteiger partial charge in [-0.3, -0.25) is 4.79 Å². The quantitative estimate of drug-likeness (QED) is 0.633. The topological polar surface area (TPSA) is 63.3 Å². The highest BCUT2D eigenvalue weighted by atomic mass is 35.5. The van der Waals surface area contributed by atoms with Crippen molar-refractivity contribution in [2.24, 2.45) is 5.92 Å². The van der Waals surface area contributed by atoms with Gasteiger partial charge in [0.05, 0.1) is 24.9 Å². The van der Waals surface area contributed by atoms with Crippen molar-refractivity contribution in [1.29, 1.82) is 0 Å². The third-order valence-corrected chi connectivity index (χ3v) is 5.71. The van der Waals surface area contributed by atoms with E-state index in [4.69, 9.17) is 21.1 Å². The smallest absolute Gasteiger partial charge is 0.255 e. The Kier molecular flexibility index (Phi) is 4.94. The molecule has 2 N–H and O–H groups in total. The highest BCUT2D eigenvalue weighted by molar-refractivity contribution is 6.32. The minimum absolute atomic E-state index is 0.205. The first-order valence-electron chi connectivity index (χ1n) is 9.36. The number of carbonyl (C=O) groups is 1. The molecule has 0 bridgehead atoms. The fourth-order valence-corrected chi connectivity index (χ4v) is 4.12. The molecule has 1 aromatic heterocycles. The van der Waals surface area contributed by atoms with E-state index in [-0.39, 0.29) is 5.91 Å². The van der Waals surface area contributed by atoms with Gasteiger partial charge in [0.25, 0.3) is 5.91 Å². The number of aryl methyl sites for hydroxylation is 1. The van der Waals surface area contributed by atoms with Crippen LogP contribution in [0.5, 0.6) is 11.5 Å². The number of carbonyl (C=O) groups excluding carboxylic acids is 1. The summed E-state index contributed by atoms with van der Waals surface area (Å²) >= 11 is 6.14.